The van der Waals surface area contributed by atoms with Gasteiger partial charge in [-0.15, -0.1) is 11.3 Å². The third kappa shape index (κ3) is 6.17. The Bertz CT molecular complexity index is 1520. The van der Waals surface area contributed by atoms with Gasteiger partial charge in [0.15, 0.2) is 5.79 Å². The second kappa shape index (κ2) is 12.0. The quantitative estimate of drug-likeness (QED) is 0.232. The highest BCUT2D eigenvalue weighted by atomic mass is 32.1. The molecule has 2 aliphatic heterocycles. The number of amides is 3. The minimum absolute atomic E-state index is 0.0274. The van der Waals surface area contributed by atoms with Gasteiger partial charge in [-0.3, -0.25) is 19.8 Å². The summed E-state index contributed by atoms with van der Waals surface area (Å²) < 4.78 is 38.9. The molecule has 220 valence electrons. The molecule has 13 heteroatoms. The number of nitrogen functional groups attached to an aromatic ring is 1. The predicted molar refractivity (Wildman–Crippen MR) is 151 cm³/mol. The standard InChI is InChI=1S/C29H29F2N5O5S/c1-16(24-10-19(14-42-24)26(32)33)35-28(39)23-12-29(40-8-9-41-29)15-36(23)25(37)13-34-27(38)18-4-2-17(3-5-18)21-7-6-20(30)11-22(21)31/h2-7,10-11,14,16,23H,8-9,12-13,15H2,1H3,(H3,32,33)(H,34,38)(H,35,39)/t16-,23?/m1/s1. The molecule has 2 aromatic carbocycles. The lowest BCUT2D eigenvalue weighted by molar-refractivity contribution is -0.152. The van der Waals surface area contributed by atoms with Gasteiger partial charge in [-0.05, 0) is 42.8 Å². The number of amidine groups is 1. The molecule has 2 aliphatic rings. The number of nitrogens with one attached hydrogen (secondary N) is 3. The maximum Gasteiger partial charge on any atom is 0.251 e. The van der Waals surface area contributed by atoms with Gasteiger partial charge in [0.2, 0.25) is 11.8 Å². The van der Waals surface area contributed by atoms with Crippen molar-refractivity contribution < 1.29 is 32.6 Å². The molecule has 0 saturated carbocycles. The number of thiophene rings is 1. The molecule has 3 heterocycles. The van der Waals surface area contributed by atoms with E-state index in [0.29, 0.717) is 24.3 Å². The SMILES string of the molecule is C[C@@H](NC(=O)C1CC2(CN1C(=O)CNC(=O)c1ccc(-c3ccc(F)cc3F)cc1)OCCO2)c1cc(C(=N)N)cs1. The third-order valence-electron chi connectivity index (χ3n) is 7.23. The van der Waals surface area contributed by atoms with Crippen molar-refractivity contribution in [1.29, 1.82) is 5.41 Å². The van der Waals surface area contributed by atoms with Crippen LogP contribution in [-0.2, 0) is 19.1 Å². The lowest BCUT2D eigenvalue weighted by atomic mass is 10.0. The zero-order valence-corrected chi connectivity index (χ0v) is 23.4. The molecular weight excluding hydrogens is 568 g/mol. The van der Waals surface area contributed by atoms with Crippen molar-refractivity contribution in [2.45, 2.75) is 31.2 Å². The first kappa shape index (κ1) is 29.3. The fourth-order valence-electron chi connectivity index (χ4n) is 5.03. The fourth-order valence-corrected chi connectivity index (χ4v) is 5.94. The molecule has 1 unspecified atom stereocenters. The van der Waals surface area contributed by atoms with Gasteiger partial charge in [0.25, 0.3) is 5.91 Å². The van der Waals surface area contributed by atoms with Crippen LogP contribution in [0.1, 0.15) is 40.2 Å². The van der Waals surface area contributed by atoms with E-state index in [9.17, 15) is 23.2 Å². The smallest absolute Gasteiger partial charge is 0.251 e. The number of rotatable bonds is 8. The topological polar surface area (TPSA) is 147 Å². The van der Waals surface area contributed by atoms with Gasteiger partial charge in [0.1, 0.15) is 23.5 Å². The molecule has 5 N–H and O–H groups in total. The Labute approximate surface area is 244 Å². The number of carbonyl (C=O) groups excluding carboxylic acids is 3. The van der Waals surface area contributed by atoms with Crippen molar-refractivity contribution in [2.75, 3.05) is 26.3 Å². The third-order valence-corrected chi connectivity index (χ3v) is 8.35. The zero-order chi connectivity index (χ0) is 30.0. The Balaban J connectivity index is 1.23. The van der Waals surface area contributed by atoms with E-state index in [1.54, 1.807) is 18.4 Å². The number of carbonyl (C=O) groups is 3. The first-order valence-electron chi connectivity index (χ1n) is 13.2. The number of likely N-dealkylation sites (tertiary alicyclic amines) is 1. The van der Waals surface area contributed by atoms with Crippen LogP contribution in [0.2, 0.25) is 0 Å². The van der Waals surface area contributed by atoms with Crippen LogP contribution in [0.15, 0.2) is 53.9 Å². The Hall–Kier alpha value is -4.20. The van der Waals surface area contributed by atoms with Crippen molar-refractivity contribution in [3.63, 3.8) is 0 Å². The Kier molecular flexibility index (Phi) is 8.34. The second-order valence-electron chi connectivity index (χ2n) is 10.1. The van der Waals surface area contributed by atoms with Gasteiger partial charge < -0.3 is 30.7 Å². The molecule has 0 aliphatic carbocycles. The van der Waals surface area contributed by atoms with Crippen LogP contribution >= 0.6 is 11.3 Å². The molecule has 3 aromatic rings. The lowest BCUT2D eigenvalue weighted by Gasteiger charge is -2.25. The summed E-state index contributed by atoms with van der Waals surface area (Å²) in [6.45, 7) is 2.12. The molecule has 10 nitrogen and oxygen atoms in total. The van der Waals surface area contributed by atoms with Crippen LogP contribution in [0.3, 0.4) is 0 Å². The number of nitrogens with zero attached hydrogens (tertiary/aromatic N) is 1. The molecule has 5 rings (SSSR count). The largest absolute Gasteiger partial charge is 0.384 e. The van der Waals surface area contributed by atoms with Crippen LogP contribution in [0, 0.1) is 17.0 Å². The van der Waals surface area contributed by atoms with E-state index in [0.717, 1.165) is 17.0 Å². The summed E-state index contributed by atoms with van der Waals surface area (Å²) in [5.74, 6) is -4.01. The van der Waals surface area contributed by atoms with Gasteiger partial charge in [0, 0.05) is 39.4 Å². The Morgan fingerprint density at radius 2 is 1.83 bits per heavy atom. The van der Waals surface area contributed by atoms with Crippen LogP contribution < -0.4 is 16.4 Å². The number of hydrogen-bond donors (Lipinski definition) is 4. The first-order chi connectivity index (χ1) is 20.0. The highest BCUT2D eigenvalue weighted by molar-refractivity contribution is 7.10. The fraction of sp³-hybridized carbons (Fsp3) is 0.310. The highest BCUT2D eigenvalue weighted by Crippen LogP contribution is 2.35. The highest BCUT2D eigenvalue weighted by Gasteiger charge is 2.52. The van der Waals surface area contributed by atoms with Gasteiger partial charge >= 0.3 is 0 Å². The molecule has 42 heavy (non-hydrogen) atoms. The molecule has 1 spiro atoms. The first-order valence-corrected chi connectivity index (χ1v) is 14.1. The van der Waals surface area contributed by atoms with Crippen LogP contribution in [0.25, 0.3) is 11.1 Å². The van der Waals surface area contributed by atoms with E-state index in [1.165, 1.54) is 46.6 Å². The molecule has 0 bridgehead atoms. The van der Waals surface area contributed by atoms with Gasteiger partial charge in [-0.25, -0.2) is 8.78 Å². The monoisotopic (exact) mass is 597 g/mol. The molecule has 3 amide bonds. The number of halogens is 2. The molecule has 2 atom stereocenters. The lowest BCUT2D eigenvalue weighted by Crippen LogP contribution is -2.49. The van der Waals surface area contributed by atoms with Crippen LogP contribution in [0.4, 0.5) is 8.78 Å². The minimum Gasteiger partial charge on any atom is -0.384 e. The zero-order valence-electron chi connectivity index (χ0n) is 22.6. The van der Waals surface area contributed by atoms with Gasteiger partial charge in [-0.1, -0.05) is 12.1 Å². The summed E-state index contributed by atoms with van der Waals surface area (Å²) in [4.78, 5) is 41.6. The van der Waals surface area contributed by atoms with E-state index in [4.69, 9.17) is 20.6 Å². The minimum atomic E-state index is -1.10. The van der Waals surface area contributed by atoms with E-state index >= 15 is 0 Å². The van der Waals surface area contributed by atoms with Crippen molar-refractivity contribution in [3.05, 3.63) is 81.5 Å². The summed E-state index contributed by atoms with van der Waals surface area (Å²) in [6, 6.07) is 9.69. The normalized spacial score (nSPS) is 18.2. The predicted octanol–water partition coefficient (Wildman–Crippen LogP) is 2.93. The Morgan fingerprint density at radius 3 is 2.48 bits per heavy atom. The number of ether oxygens (including phenoxy) is 2. The van der Waals surface area contributed by atoms with Crippen molar-refractivity contribution in [1.82, 2.24) is 15.5 Å². The van der Waals surface area contributed by atoms with E-state index in [2.05, 4.69) is 10.6 Å². The second-order valence-corrected chi connectivity index (χ2v) is 11.1. The molecule has 2 saturated heterocycles. The summed E-state index contributed by atoms with van der Waals surface area (Å²) >= 11 is 1.36. The van der Waals surface area contributed by atoms with Crippen LogP contribution in [-0.4, -0.2) is 66.6 Å². The molecule has 1 aromatic heterocycles. The average Bonchev–Trinajstić information content (AvgIpc) is 3.72. The summed E-state index contributed by atoms with van der Waals surface area (Å²) in [5, 5.41) is 14.8. The van der Waals surface area contributed by atoms with E-state index in [1.807, 2.05) is 0 Å². The van der Waals surface area contributed by atoms with E-state index in [-0.39, 0.29) is 36.5 Å². The van der Waals surface area contributed by atoms with Crippen molar-refractivity contribution in [3.8, 4) is 11.1 Å². The average molecular weight is 598 g/mol. The summed E-state index contributed by atoms with van der Waals surface area (Å²) in [6.07, 6.45) is 0.135. The number of hydrogen-bond acceptors (Lipinski definition) is 7. The van der Waals surface area contributed by atoms with Crippen molar-refractivity contribution >= 4 is 34.9 Å². The van der Waals surface area contributed by atoms with E-state index < -0.39 is 47.2 Å². The molecular formula is C29H29F2N5O5S. The van der Waals surface area contributed by atoms with Crippen LogP contribution in [0.5, 0.6) is 0 Å². The maximum atomic E-state index is 14.1. The summed E-state index contributed by atoms with van der Waals surface area (Å²) in [7, 11) is 0. The van der Waals surface area contributed by atoms with Gasteiger partial charge in [0.05, 0.1) is 32.3 Å². The number of benzene rings is 2. The van der Waals surface area contributed by atoms with Crippen molar-refractivity contribution in [2.24, 2.45) is 5.73 Å². The molecule has 2 fully saturated rings. The molecule has 0 radical (unpaired) electrons. The summed E-state index contributed by atoms with van der Waals surface area (Å²) in [5.41, 5.74) is 7.00. The number of nitrogens with two attached hydrogens (primary N) is 1. The van der Waals surface area contributed by atoms with Gasteiger partial charge in [-0.2, -0.15) is 0 Å². The maximum absolute atomic E-state index is 14.1. The Morgan fingerprint density at radius 1 is 1.12 bits per heavy atom.